The van der Waals surface area contributed by atoms with Gasteiger partial charge in [0, 0.05) is 31.0 Å². The highest BCUT2D eigenvalue weighted by Gasteiger charge is 2.55. The van der Waals surface area contributed by atoms with E-state index in [9.17, 15) is 57.7 Å². The van der Waals surface area contributed by atoms with Crippen LogP contribution >= 0.6 is 15.2 Å². The maximum absolute atomic E-state index is 13.3. The van der Waals surface area contributed by atoms with E-state index >= 15 is 0 Å². The van der Waals surface area contributed by atoms with Gasteiger partial charge >= 0.3 is 7.60 Å². The van der Waals surface area contributed by atoms with Gasteiger partial charge in [0.05, 0.1) is 24.7 Å². The monoisotopic (exact) mass is 842 g/mol. The van der Waals surface area contributed by atoms with Crippen molar-refractivity contribution in [3.63, 3.8) is 0 Å². The number of halogens is 1. The topological polar surface area (TPSA) is 270 Å². The summed E-state index contributed by atoms with van der Waals surface area (Å²) in [5, 5.41) is 22.2. The van der Waals surface area contributed by atoms with Crippen molar-refractivity contribution in [3.05, 3.63) is 78.1 Å². The molecule has 7 N–H and O–H groups in total. The Morgan fingerprint density at radius 2 is 1.72 bits per heavy atom. The molecule has 2 aromatic carbocycles. The molecule has 0 saturated carbocycles. The number of carbonyl (C=O) groups is 3. The number of nitrogens with zero attached hydrogens (tertiary/aromatic N) is 2. The van der Waals surface area contributed by atoms with Gasteiger partial charge in [0.15, 0.2) is 20.0 Å². The number of rotatable bonds is 20. The van der Waals surface area contributed by atoms with Crippen LogP contribution in [0.25, 0.3) is 0 Å². The zero-order valence-corrected chi connectivity index (χ0v) is 33.7. The normalized spacial score (nSPS) is 17.4. The third-order valence-corrected chi connectivity index (χ3v) is 12.6. The van der Waals surface area contributed by atoms with Gasteiger partial charge in [-0.25, -0.2) is 13.5 Å². The minimum atomic E-state index is -5.91. The smallest absolute Gasteiger partial charge is 0.369 e. The lowest BCUT2D eigenvalue weighted by atomic mass is 9.89. The number of carbonyl (C=O) groups excluding carboxylic acids is 3. The van der Waals surface area contributed by atoms with Crippen molar-refractivity contribution in [2.45, 2.75) is 64.3 Å². The summed E-state index contributed by atoms with van der Waals surface area (Å²) in [6.45, 7) is 6.47. The number of benzene rings is 2. The molecule has 314 valence electrons. The van der Waals surface area contributed by atoms with Crippen molar-refractivity contribution in [2.75, 3.05) is 39.5 Å². The Morgan fingerprint density at radius 3 is 2.37 bits per heavy atom. The average molecular weight is 843 g/mol. The number of imidazole rings is 1. The fraction of sp³-hybridized carbons (Fsp3) is 0.500. The van der Waals surface area contributed by atoms with Crippen molar-refractivity contribution in [1.82, 2.24) is 15.2 Å². The van der Waals surface area contributed by atoms with Gasteiger partial charge in [0.25, 0.3) is 11.0 Å². The first kappa shape index (κ1) is 45.7. The first-order valence-corrected chi connectivity index (χ1v) is 20.9. The molecule has 1 aliphatic rings. The number of fused-ring (bicyclic) bond motifs is 1. The SMILES string of the molecule is CC(C)(CNC(=O)COc1ccc2c(c1)OCC(c1ccc(F)cc1)C2=O)COCC(C)(C)CC(=O)NCC(O)Cn1cc[n+](CC(O)(P(=O)([O-])O)P(=O)(O)O)c1. The van der Waals surface area contributed by atoms with Gasteiger partial charge in [-0.3, -0.25) is 18.9 Å². The Bertz CT molecular complexity index is 1970. The van der Waals surface area contributed by atoms with E-state index in [2.05, 4.69) is 10.6 Å². The molecule has 1 aliphatic heterocycles. The largest absolute Gasteiger partial charge is 0.776 e. The van der Waals surface area contributed by atoms with E-state index in [4.69, 9.17) is 14.2 Å². The number of ether oxygens (including phenoxy) is 3. The third kappa shape index (κ3) is 12.7. The van der Waals surface area contributed by atoms with Gasteiger partial charge in [-0.1, -0.05) is 39.8 Å². The molecule has 4 atom stereocenters. The number of Topliss-reactive ketones (excluding diaryl/α,β-unsaturated/α-hetero) is 1. The van der Waals surface area contributed by atoms with Gasteiger partial charge in [-0.05, 0) is 35.2 Å². The van der Waals surface area contributed by atoms with Crippen molar-refractivity contribution < 1.29 is 76.5 Å². The Labute approximate surface area is 328 Å². The van der Waals surface area contributed by atoms with Gasteiger partial charge in [0.2, 0.25) is 12.2 Å². The molecule has 3 aromatic rings. The summed E-state index contributed by atoms with van der Waals surface area (Å²) in [6, 6.07) is 10.4. The zero-order chi connectivity index (χ0) is 42.4. The molecule has 2 amide bonds. The molecular formula is C36H49FN4O14P2. The maximum atomic E-state index is 13.3. The van der Waals surface area contributed by atoms with Gasteiger partial charge < -0.3 is 59.2 Å². The van der Waals surface area contributed by atoms with Crippen molar-refractivity contribution >= 4 is 32.8 Å². The minimum Gasteiger partial charge on any atom is -0.776 e. The summed E-state index contributed by atoms with van der Waals surface area (Å²) in [5.41, 5.74) is -0.0813. The second-order valence-corrected chi connectivity index (χ2v) is 19.5. The molecular weight excluding hydrogens is 793 g/mol. The standard InChI is InChI=1S/C36H49FN4O14P2/c1-34(2,14-31(43)38-15-26(42)16-40-11-12-41(23-40)20-36(46,56(47,48)49)57(50,51)52)21-53-22-35(3,4)19-39-32(44)18-54-27-9-10-28-30(13-27)55-17-29(33(28)45)24-5-7-25(37)8-6-24/h5-13,23,26,29,42,46H,14-22H2,1-4H3,(H5-,38,39,43,44,47,48,49,50,51,52). The van der Waals surface area contributed by atoms with Crippen LogP contribution in [0.4, 0.5) is 4.39 Å². The summed E-state index contributed by atoms with van der Waals surface area (Å²) in [7, 11) is -11.6. The van der Waals surface area contributed by atoms with Gasteiger partial charge in [-0.15, -0.1) is 0 Å². The fourth-order valence-electron chi connectivity index (χ4n) is 5.81. The molecule has 21 heteroatoms. The first-order valence-electron chi connectivity index (χ1n) is 17.7. The zero-order valence-electron chi connectivity index (χ0n) is 31.9. The Morgan fingerprint density at radius 1 is 1.05 bits per heavy atom. The summed E-state index contributed by atoms with van der Waals surface area (Å²) in [6.07, 6.45) is 2.56. The lowest BCUT2D eigenvalue weighted by Gasteiger charge is -2.34. The quantitative estimate of drug-likeness (QED) is 0.0612. The molecule has 57 heavy (non-hydrogen) atoms. The predicted molar refractivity (Wildman–Crippen MR) is 197 cm³/mol. The Kier molecular flexibility index (Phi) is 14.6. The lowest BCUT2D eigenvalue weighted by Crippen LogP contribution is -2.48. The van der Waals surface area contributed by atoms with Crippen LogP contribution in [0.2, 0.25) is 0 Å². The second kappa shape index (κ2) is 18.3. The van der Waals surface area contributed by atoms with Gasteiger partial charge in [-0.2, -0.15) is 0 Å². The number of nitrogens with one attached hydrogen (secondary N) is 2. The number of hydrogen-bond acceptors (Lipinski definition) is 11. The summed E-state index contributed by atoms with van der Waals surface area (Å²) in [5.74, 6) is -1.19. The average Bonchev–Trinajstić information content (AvgIpc) is 3.54. The van der Waals surface area contributed by atoms with Crippen LogP contribution in [0, 0.1) is 16.6 Å². The summed E-state index contributed by atoms with van der Waals surface area (Å²) >= 11 is 0. The van der Waals surface area contributed by atoms with E-state index in [0.717, 1.165) is 10.9 Å². The molecule has 0 bridgehead atoms. The third-order valence-electron chi connectivity index (χ3n) is 8.99. The van der Waals surface area contributed by atoms with Gasteiger partial charge in [0.1, 0.15) is 55.5 Å². The molecule has 0 aliphatic carbocycles. The lowest BCUT2D eigenvalue weighted by molar-refractivity contribution is -0.703. The van der Waals surface area contributed by atoms with Crippen LogP contribution in [0.3, 0.4) is 0 Å². The summed E-state index contributed by atoms with van der Waals surface area (Å²) < 4.78 is 56.0. The highest BCUT2D eigenvalue weighted by Crippen LogP contribution is 2.65. The molecule has 0 fully saturated rings. The van der Waals surface area contributed by atoms with E-state index in [1.54, 1.807) is 30.3 Å². The predicted octanol–water partition coefficient (Wildman–Crippen LogP) is 0.775. The minimum absolute atomic E-state index is 0.0475. The fourth-order valence-corrected chi connectivity index (χ4v) is 7.81. The van der Waals surface area contributed by atoms with E-state index in [-0.39, 0.29) is 70.1 Å². The van der Waals surface area contributed by atoms with Crippen LogP contribution in [0.5, 0.6) is 11.5 Å². The molecule has 4 unspecified atom stereocenters. The highest BCUT2D eigenvalue weighted by molar-refractivity contribution is 7.71. The number of amides is 2. The van der Waals surface area contributed by atoms with Crippen molar-refractivity contribution in [2.24, 2.45) is 10.8 Å². The van der Waals surface area contributed by atoms with Crippen molar-refractivity contribution in [3.8, 4) is 11.5 Å². The maximum Gasteiger partial charge on any atom is 0.369 e. The number of aromatic nitrogens is 2. The van der Waals surface area contributed by atoms with Crippen LogP contribution in [-0.2, 0) is 36.5 Å². The molecule has 4 rings (SSSR count). The molecule has 1 aromatic heterocycles. The van der Waals surface area contributed by atoms with Crippen molar-refractivity contribution in [1.29, 1.82) is 0 Å². The molecule has 0 radical (unpaired) electrons. The number of aliphatic hydroxyl groups is 2. The highest BCUT2D eigenvalue weighted by atomic mass is 31.2. The summed E-state index contributed by atoms with van der Waals surface area (Å²) in [4.78, 5) is 77.7. The van der Waals surface area contributed by atoms with Crippen LogP contribution < -0.4 is 29.6 Å². The Hall–Kier alpha value is -4.03. The van der Waals surface area contributed by atoms with E-state index in [1.165, 1.54) is 29.1 Å². The van der Waals surface area contributed by atoms with E-state index in [1.807, 2.05) is 27.7 Å². The van der Waals surface area contributed by atoms with Crippen LogP contribution in [0.15, 0.2) is 61.2 Å². The molecule has 0 saturated heterocycles. The number of hydrogen-bond donors (Lipinski definition) is 7. The first-order chi connectivity index (χ1) is 26.4. The Balaban J connectivity index is 1.13. The number of aliphatic hydroxyl groups excluding tert-OH is 1. The van der Waals surface area contributed by atoms with E-state index < -0.39 is 55.5 Å². The van der Waals surface area contributed by atoms with Crippen LogP contribution in [-0.4, -0.2) is 97.8 Å². The molecule has 2 heterocycles. The van der Waals surface area contributed by atoms with Crippen LogP contribution in [0.1, 0.15) is 56.0 Å². The molecule has 18 nitrogen and oxygen atoms in total. The second-order valence-electron chi connectivity index (χ2n) is 15.6. The molecule has 0 spiro atoms. The van der Waals surface area contributed by atoms with E-state index in [0.29, 0.717) is 22.6 Å². The number of ketones is 1.